The maximum atomic E-state index is 12.7. The van der Waals surface area contributed by atoms with E-state index in [0.29, 0.717) is 22.8 Å². The molecular formula is C19H15N7OS. The SMILES string of the molecule is [N-]=[N+]=NCc1nc(Nc2nc3ccccc3s2)[nH]c(=O)c1Cc1ccccc1. The number of benzene rings is 2. The minimum atomic E-state index is -0.273. The largest absolute Gasteiger partial charge is 0.302 e. The number of aromatic nitrogens is 3. The van der Waals surface area contributed by atoms with E-state index in [4.69, 9.17) is 5.53 Å². The first-order chi connectivity index (χ1) is 13.7. The van der Waals surface area contributed by atoms with Crippen LogP contribution in [0.15, 0.2) is 64.5 Å². The number of rotatable bonds is 6. The number of hydrogen-bond donors (Lipinski definition) is 2. The molecular weight excluding hydrogens is 374 g/mol. The molecule has 2 N–H and O–H groups in total. The zero-order valence-electron chi connectivity index (χ0n) is 14.7. The minimum Gasteiger partial charge on any atom is -0.302 e. The average molecular weight is 389 g/mol. The molecule has 2 aromatic carbocycles. The first-order valence-corrected chi connectivity index (χ1v) is 9.34. The van der Waals surface area contributed by atoms with Crippen LogP contribution in [0.25, 0.3) is 20.7 Å². The van der Waals surface area contributed by atoms with E-state index in [1.807, 2.05) is 54.6 Å². The Kier molecular flexibility index (Phi) is 5.01. The van der Waals surface area contributed by atoms with E-state index in [1.165, 1.54) is 11.3 Å². The molecule has 0 radical (unpaired) electrons. The first-order valence-electron chi connectivity index (χ1n) is 8.52. The van der Waals surface area contributed by atoms with Crippen LogP contribution in [0.3, 0.4) is 0 Å². The zero-order chi connectivity index (χ0) is 19.3. The highest BCUT2D eigenvalue weighted by Crippen LogP contribution is 2.27. The van der Waals surface area contributed by atoms with Crippen LogP contribution in [-0.4, -0.2) is 15.0 Å². The van der Waals surface area contributed by atoms with E-state index >= 15 is 0 Å². The van der Waals surface area contributed by atoms with Crippen molar-refractivity contribution in [3.05, 3.63) is 92.2 Å². The highest BCUT2D eigenvalue weighted by molar-refractivity contribution is 7.22. The lowest BCUT2D eigenvalue weighted by molar-refractivity contribution is 0.898. The molecule has 0 aliphatic heterocycles. The number of anilines is 2. The van der Waals surface area contributed by atoms with Crippen LogP contribution >= 0.6 is 11.3 Å². The summed E-state index contributed by atoms with van der Waals surface area (Å²) in [6.07, 6.45) is 0.404. The molecule has 0 amide bonds. The van der Waals surface area contributed by atoms with E-state index < -0.39 is 0 Å². The number of para-hydroxylation sites is 1. The number of nitrogens with zero attached hydrogens (tertiary/aromatic N) is 5. The van der Waals surface area contributed by atoms with Gasteiger partial charge in [0.25, 0.3) is 5.56 Å². The van der Waals surface area contributed by atoms with Gasteiger partial charge in [0, 0.05) is 16.9 Å². The van der Waals surface area contributed by atoms with Gasteiger partial charge in [0.15, 0.2) is 5.13 Å². The Labute approximate surface area is 163 Å². The topological polar surface area (TPSA) is 119 Å². The van der Waals surface area contributed by atoms with Crippen molar-refractivity contribution in [3.63, 3.8) is 0 Å². The van der Waals surface area contributed by atoms with Crippen LogP contribution in [0.2, 0.25) is 0 Å². The molecule has 0 saturated carbocycles. The Balaban J connectivity index is 1.69. The van der Waals surface area contributed by atoms with Crippen LogP contribution in [-0.2, 0) is 13.0 Å². The summed E-state index contributed by atoms with van der Waals surface area (Å²) < 4.78 is 1.03. The van der Waals surface area contributed by atoms with Crippen LogP contribution in [0.5, 0.6) is 0 Å². The summed E-state index contributed by atoms with van der Waals surface area (Å²) in [5.74, 6) is 0.268. The fraction of sp³-hybridized carbons (Fsp3) is 0.105. The molecule has 4 rings (SSSR count). The maximum absolute atomic E-state index is 12.7. The quantitative estimate of drug-likeness (QED) is 0.286. The lowest BCUT2D eigenvalue weighted by atomic mass is 10.0. The van der Waals surface area contributed by atoms with Crippen molar-refractivity contribution in [1.82, 2.24) is 15.0 Å². The van der Waals surface area contributed by atoms with Crippen molar-refractivity contribution in [1.29, 1.82) is 0 Å². The van der Waals surface area contributed by atoms with Crippen LogP contribution in [0.4, 0.5) is 11.1 Å². The molecule has 0 aliphatic carbocycles. The second-order valence-corrected chi connectivity index (χ2v) is 7.03. The monoisotopic (exact) mass is 389 g/mol. The number of azide groups is 1. The van der Waals surface area contributed by atoms with E-state index in [1.54, 1.807) is 0 Å². The van der Waals surface area contributed by atoms with E-state index in [2.05, 4.69) is 30.3 Å². The normalized spacial score (nSPS) is 10.6. The van der Waals surface area contributed by atoms with Crippen molar-refractivity contribution in [3.8, 4) is 0 Å². The molecule has 28 heavy (non-hydrogen) atoms. The van der Waals surface area contributed by atoms with Gasteiger partial charge in [0.2, 0.25) is 5.95 Å². The third kappa shape index (κ3) is 3.85. The Morgan fingerprint density at radius 1 is 1.11 bits per heavy atom. The van der Waals surface area contributed by atoms with Gasteiger partial charge in [-0.15, -0.1) is 0 Å². The van der Waals surface area contributed by atoms with Gasteiger partial charge < -0.3 is 5.32 Å². The van der Waals surface area contributed by atoms with E-state index in [0.717, 1.165) is 15.8 Å². The first kappa shape index (κ1) is 17.7. The summed E-state index contributed by atoms with van der Waals surface area (Å²) in [7, 11) is 0. The molecule has 8 nitrogen and oxygen atoms in total. The molecule has 0 unspecified atom stereocenters. The number of H-pyrrole nitrogens is 1. The van der Waals surface area contributed by atoms with Crippen molar-refractivity contribution in [2.45, 2.75) is 13.0 Å². The highest BCUT2D eigenvalue weighted by atomic mass is 32.1. The van der Waals surface area contributed by atoms with Gasteiger partial charge in [0.05, 0.1) is 22.5 Å². The van der Waals surface area contributed by atoms with Crippen molar-refractivity contribution in [2.24, 2.45) is 5.11 Å². The van der Waals surface area contributed by atoms with Gasteiger partial charge in [-0.25, -0.2) is 9.97 Å². The third-order valence-corrected chi connectivity index (χ3v) is 5.08. The molecule has 9 heteroatoms. The van der Waals surface area contributed by atoms with Gasteiger partial charge in [-0.1, -0.05) is 58.9 Å². The molecule has 0 atom stereocenters. The van der Waals surface area contributed by atoms with Crippen molar-refractivity contribution >= 4 is 32.6 Å². The van der Waals surface area contributed by atoms with Crippen molar-refractivity contribution < 1.29 is 0 Å². The van der Waals surface area contributed by atoms with Crippen LogP contribution < -0.4 is 10.9 Å². The summed E-state index contributed by atoms with van der Waals surface area (Å²) in [6.45, 7) is -0.00287. The Morgan fingerprint density at radius 2 is 1.89 bits per heavy atom. The Bertz CT molecular complexity index is 1190. The average Bonchev–Trinajstić information content (AvgIpc) is 3.11. The lowest BCUT2D eigenvalue weighted by Crippen LogP contribution is -2.20. The van der Waals surface area contributed by atoms with Gasteiger partial charge in [-0.05, 0) is 23.2 Å². The fourth-order valence-corrected chi connectivity index (χ4v) is 3.71. The minimum absolute atomic E-state index is 0.00287. The molecule has 0 aliphatic rings. The lowest BCUT2D eigenvalue weighted by Gasteiger charge is -2.09. The van der Waals surface area contributed by atoms with E-state index in [-0.39, 0.29) is 18.1 Å². The van der Waals surface area contributed by atoms with Crippen LogP contribution in [0.1, 0.15) is 16.8 Å². The summed E-state index contributed by atoms with van der Waals surface area (Å²) in [5, 5.41) is 7.26. The summed E-state index contributed by atoms with van der Waals surface area (Å²) in [4.78, 5) is 27.2. The predicted molar refractivity (Wildman–Crippen MR) is 110 cm³/mol. The van der Waals surface area contributed by atoms with Gasteiger partial charge in [-0.3, -0.25) is 9.78 Å². The summed E-state index contributed by atoms with van der Waals surface area (Å²) in [5.41, 5.74) is 11.2. The smallest absolute Gasteiger partial charge is 0.256 e. The maximum Gasteiger partial charge on any atom is 0.256 e. The number of nitrogens with one attached hydrogen (secondary N) is 2. The molecule has 2 heterocycles. The summed E-state index contributed by atoms with van der Waals surface area (Å²) in [6, 6.07) is 17.4. The van der Waals surface area contributed by atoms with Crippen molar-refractivity contribution in [2.75, 3.05) is 5.32 Å². The molecule has 138 valence electrons. The molecule has 0 bridgehead atoms. The second-order valence-electron chi connectivity index (χ2n) is 6.00. The Hall–Kier alpha value is -3.68. The Morgan fingerprint density at radius 3 is 2.68 bits per heavy atom. The van der Waals surface area contributed by atoms with Gasteiger partial charge in [0.1, 0.15) is 0 Å². The molecule has 2 aromatic heterocycles. The van der Waals surface area contributed by atoms with Gasteiger partial charge >= 0.3 is 0 Å². The molecule has 4 aromatic rings. The van der Waals surface area contributed by atoms with Crippen LogP contribution in [0, 0.1) is 0 Å². The zero-order valence-corrected chi connectivity index (χ0v) is 15.5. The molecule has 0 fully saturated rings. The number of thiazole rings is 1. The third-order valence-electron chi connectivity index (χ3n) is 4.13. The highest BCUT2D eigenvalue weighted by Gasteiger charge is 2.13. The number of fused-ring (bicyclic) bond motifs is 1. The standard InChI is InChI=1S/C19H15N7OS/c20-26-21-11-15-13(10-12-6-2-1-3-7-12)17(27)24-18(22-15)25-19-23-14-8-4-5-9-16(14)28-19/h1-9H,10-11H2,(H2,22,23,24,25,27). The fourth-order valence-electron chi connectivity index (χ4n) is 2.84. The second kappa shape index (κ2) is 7.91. The number of aromatic amines is 1. The predicted octanol–water partition coefficient (Wildman–Crippen LogP) is 4.52. The number of hydrogen-bond acceptors (Lipinski definition) is 6. The van der Waals surface area contributed by atoms with E-state index in [9.17, 15) is 4.79 Å². The van der Waals surface area contributed by atoms with Gasteiger partial charge in [-0.2, -0.15) is 0 Å². The molecule has 0 spiro atoms. The molecule has 0 saturated heterocycles. The summed E-state index contributed by atoms with van der Waals surface area (Å²) >= 11 is 1.46.